The van der Waals surface area contributed by atoms with Gasteiger partial charge in [-0.25, -0.2) is 0 Å². The first-order valence-electron chi connectivity index (χ1n) is 7.32. The maximum atomic E-state index is 12.1. The molecule has 1 aromatic carbocycles. The van der Waals surface area contributed by atoms with Crippen LogP contribution in [-0.4, -0.2) is 33.9 Å². The van der Waals surface area contributed by atoms with Gasteiger partial charge in [0, 0.05) is 6.04 Å². The average molecular weight is 328 g/mol. The van der Waals surface area contributed by atoms with E-state index in [1.807, 2.05) is 44.2 Å². The highest BCUT2D eigenvalue weighted by atomic mass is 31.2. The van der Waals surface area contributed by atoms with E-state index in [9.17, 15) is 9.36 Å². The van der Waals surface area contributed by atoms with E-state index in [-0.39, 0.29) is 18.0 Å². The van der Waals surface area contributed by atoms with Crippen molar-refractivity contribution >= 4 is 13.5 Å². The van der Waals surface area contributed by atoms with Crippen LogP contribution in [0.4, 0.5) is 0 Å². The van der Waals surface area contributed by atoms with Gasteiger partial charge in [0.1, 0.15) is 0 Å². The fourth-order valence-corrected chi connectivity index (χ4v) is 3.12. The van der Waals surface area contributed by atoms with Crippen LogP contribution in [0, 0.1) is 5.92 Å². The number of hydrogen-bond acceptors (Lipinski definition) is 3. The summed E-state index contributed by atoms with van der Waals surface area (Å²) in [5.41, 5.74) is 6.83. The van der Waals surface area contributed by atoms with E-state index in [0.717, 1.165) is 5.56 Å². The summed E-state index contributed by atoms with van der Waals surface area (Å²) in [4.78, 5) is 30.4. The molecule has 1 rings (SSSR count). The molecule has 1 amide bonds. The van der Waals surface area contributed by atoms with Gasteiger partial charge in [-0.3, -0.25) is 9.36 Å². The van der Waals surface area contributed by atoms with Crippen molar-refractivity contribution in [1.29, 1.82) is 0 Å². The van der Waals surface area contributed by atoms with Gasteiger partial charge in [0.25, 0.3) is 0 Å². The second-order valence-corrected chi connectivity index (χ2v) is 7.67. The van der Waals surface area contributed by atoms with Gasteiger partial charge < -0.3 is 20.8 Å². The van der Waals surface area contributed by atoms with Crippen LogP contribution in [0.5, 0.6) is 0 Å². The molecule has 0 aliphatic heterocycles. The molecule has 0 heterocycles. The van der Waals surface area contributed by atoms with E-state index in [1.165, 1.54) is 0 Å². The molecule has 0 aliphatic carbocycles. The molecule has 0 aliphatic rings. The first-order valence-corrected chi connectivity index (χ1v) is 9.11. The number of carbonyl (C=O) groups excluding carboxylic acids is 1. The number of hydrogen-bond donors (Lipinski definition) is 4. The molecule has 0 spiro atoms. The smallest absolute Gasteiger partial charge is 0.327 e. The van der Waals surface area contributed by atoms with Crippen LogP contribution in [0.3, 0.4) is 0 Å². The lowest BCUT2D eigenvalue weighted by molar-refractivity contribution is -0.123. The van der Waals surface area contributed by atoms with Crippen LogP contribution in [-0.2, 0) is 15.8 Å². The van der Waals surface area contributed by atoms with Gasteiger partial charge in [0.15, 0.2) is 0 Å². The molecule has 124 valence electrons. The Hall–Kier alpha value is -1.20. The second kappa shape index (κ2) is 8.44. The largest absolute Gasteiger partial charge is 0.351 e. The van der Waals surface area contributed by atoms with E-state index in [2.05, 4.69) is 5.32 Å². The highest BCUT2D eigenvalue weighted by Gasteiger charge is 2.25. The van der Waals surface area contributed by atoms with Gasteiger partial charge in [-0.1, -0.05) is 44.2 Å². The van der Waals surface area contributed by atoms with Crippen molar-refractivity contribution in [3.8, 4) is 0 Å². The van der Waals surface area contributed by atoms with Gasteiger partial charge >= 0.3 is 7.60 Å². The Labute approximate surface area is 131 Å². The van der Waals surface area contributed by atoms with Crippen molar-refractivity contribution in [2.75, 3.05) is 6.16 Å². The topological polar surface area (TPSA) is 113 Å². The summed E-state index contributed by atoms with van der Waals surface area (Å²) in [5, 5.41) is 2.67. The summed E-state index contributed by atoms with van der Waals surface area (Å²) in [6, 6.07) is 8.07. The SMILES string of the molecule is CC(C)C[C@H](CP(=O)(O)O)NC(=O)[C@@H](N)Cc1ccccc1. The van der Waals surface area contributed by atoms with Crippen LogP contribution in [0.1, 0.15) is 25.8 Å². The lowest BCUT2D eigenvalue weighted by atomic mass is 10.0. The third kappa shape index (κ3) is 7.71. The van der Waals surface area contributed by atoms with E-state index >= 15 is 0 Å². The lowest BCUT2D eigenvalue weighted by Gasteiger charge is -2.23. The number of amides is 1. The first kappa shape index (κ1) is 18.8. The van der Waals surface area contributed by atoms with Crippen molar-refractivity contribution in [1.82, 2.24) is 5.32 Å². The van der Waals surface area contributed by atoms with Crippen molar-refractivity contribution < 1.29 is 19.1 Å². The van der Waals surface area contributed by atoms with Crippen molar-refractivity contribution in [3.05, 3.63) is 35.9 Å². The van der Waals surface area contributed by atoms with E-state index in [0.29, 0.717) is 12.8 Å². The van der Waals surface area contributed by atoms with Crippen molar-refractivity contribution in [2.24, 2.45) is 11.7 Å². The zero-order chi connectivity index (χ0) is 16.8. The number of nitrogens with two attached hydrogens (primary N) is 1. The monoisotopic (exact) mass is 328 g/mol. The zero-order valence-corrected chi connectivity index (χ0v) is 13.9. The standard InChI is InChI=1S/C15H25N2O4P/c1-11(2)8-13(10-22(19,20)21)17-15(18)14(16)9-12-6-4-3-5-7-12/h3-7,11,13-14H,8-10,16H2,1-2H3,(H,17,18)(H2,19,20,21)/t13-,14+/m1/s1. The van der Waals surface area contributed by atoms with Gasteiger partial charge in [0.2, 0.25) is 5.91 Å². The molecule has 0 bridgehead atoms. The number of benzene rings is 1. The Balaban J connectivity index is 2.63. The van der Waals surface area contributed by atoms with Crippen LogP contribution in [0.25, 0.3) is 0 Å². The normalized spacial score (nSPS) is 14.6. The number of nitrogens with one attached hydrogen (secondary N) is 1. The minimum Gasteiger partial charge on any atom is -0.351 e. The quantitative estimate of drug-likeness (QED) is 0.537. The zero-order valence-electron chi connectivity index (χ0n) is 13.0. The Bertz CT molecular complexity index is 516. The summed E-state index contributed by atoms with van der Waals surface area (Å²) >= 11 is 0. The van der Waals surface area contributed by atoms with Gasteiger partial charge in [-0.15, -0.1) is 0 Å². The van der Waals surface area contributed by atoms with Crippen LogP contribution in [0.15, 0.2) is 30.3 Å². The Morgan fingerprint density at radius 2 is 1.86 bits per heavy atom. The highest BCUT2D eigenvalue weighted by Crippen LogP contribution is 2.36. The third-order valence-electron chi connectivity index (χ3n) is 3.20. The predicted molar refractivity (Wildman–Crippen MR) is 86.4 cm³/mol. The number of rotatable bonds is 8. The molecule has 2 atom stereocenters. The molecule has 1 aromatic rings. The summed E-state index contributed by atoms with van der Waals surface area (Å²) in [7, 11) is -4.19. The molecule has 5 N–H and O–H groups in total. The third-order valence-corrected chi connectivity index (χ3v) is 4.11. The van der Waals surface area contributed by atoms with Gasteiger partial charge in [0.05, 0.1) is 12.2 Å². The van der Waals surface area contributed by atoms with Crippen LogP contribution in [0.2, 0.25) is 0 Å². The fraction of sp³-hybridized carbons (Fsp3) is 0.533. The van der Waals surface area contributed by atoms with Crippen molar-refractivity contribution in [3.63, 3.8) is 0 Å². The summed E-state index contributed by atoms with van der Waals surface area (Å²) < 4.78 is 11.2. The molecule has 0 saturated carbocycles. The van der Waals surface area contributed by atoms with E-state index < -0.39 is 19.7 Å². The molecule has 7 heteroatoms. The van der Waals surface area contributed by atoms with Crippen molar-refractivity contribution in [2.45, 2.75) is 38.8 Å². The van der Waals surface area contributed by atoms with Crippen LogP contribution >= 0.6 is 7.60 Å². The maximum absolute atomic E-state index is 12.1. The lowest BCUT2D eigenvalue weighted by Crippen LogP contribution is -2.48. The fourth-order valence-electron chi connectivity index (χ4n) is 2.30. The molecule has 0 unspecified atom stereocenters. The molecule has 22 heavy (non-hydrogen) atoms. The maximum Gasteiger partial charge on any atom is 0.327 e. The molecule has 0 saturated heterocycles. The number of carbonyl (C=O) groups is 1. The predicted octanol–water partition coefficient (Wildman–Crippen LogP) is 1.26. The molecular weight excluding hydrogens is 303 g/mol. The van der Waals surface area contributed by atoms with Gasteiger partial charge in [-0.2, -0.15) is 0 Å². The molecule has 0 radical (unpaired) electrons. The summed E-state index contributed by atoms with van der Waals surface area (Å²) in [5.74, 6) is -0.176. The summed E-state index contributed by atoms with van der Waals surface area (Å²) in [6.45, 7) is 3.87. The van der Waals surface area contributed by atoms with E-state index in [1.54, 1.807) is 0 Å². The molecular formula is C15H25N2O4P. The highest BCUT2D eigenvalue weighted by molar-refractivity contribution is 7.51. The minimum atomic E-state index is -4.19. The Morgan fingerprint density at radius 1 is 1.27 bits per heavy atom. The minimum absolute atomic E-state index is 0.210. The van der Waals surface area contributed by atoms with E-state index in [4.69, 9.17) is 15.5 Å². The average Bonchev–Trinajstić information content (AvgIpc) is 2.36. The second-order valence-electron chi connectivity index (χ2n) is 5.98. The van der Waals surface area contributed by atoms with Gasteiger partial charge in [-0.05, 0) is 24.3 Å². The Morgan fingerprint density at radius 3 is 2.36 bits per heavy atom. The first-order chi connectivity index (χ1) is 10.2. The van der Waals surface area contributed by atoms with Crippen LogP contribution < -0.4 is 11.1 Å². The molecule has 0 fully saturated rings. The molecule has 0 aromatic heterocycles. The Kier molecular flexibility index (Phi) is 7.23. The summed E-state index contributed by atoms with van der Waals surface area (Å²) in [6.07, 6.45) is 0.515. The molecule has 6 nitrogen and oxygen atoms in total.